The standard InChI is InChI=1S/C23H15BrCl2N2O2/c24-18-6-4-15(5-7-18)14-30-20-3-1-2-16(11-20)10-17(13-27)23(29)28-19-8-9-21(25)22(26)12-19/h1-12H,14H2,(H,28,29)/b17-10+. The fraction of sp³-hybridized carbons (Fsp3) is 0.0435. The van der Waals surface area contributed by atoms with E-state index in [2.05, 4.69) is 21.2 Å². The number of nitrogens with one attached hydrogen (secondary N) is 1. The van der Waals surface area contributed by atoms with Gasteiger partial charge in [-0.2, -0.15) is 5.26 Å². The Morgan fingerprint density at radius 1 is 1.07 bits per heavy atom. The average molecular weight is 502 g/mol. The zero-order valence-electron chi connectivity index (χ0n) is 15.5. The number of halogens is 3. The minimum atomic E-state index is -0.544. The summed E-state index contributed by atoms with van der Waals surface area (Å²) in [7, 11) is 0. The molecule has 0 aliphatic carbocycles. The van der Waals surface area contributed by atoms with Crippen molar-refractivity contribution in [3.63, 3.8) is 0 Å². The van der Waals surface area contributed by atoms with Crippen LogP contribution in [-0.2, 0) is 11.4 Å². The lowest BCUT2D eigenvalue weighted by atomic mass is 10.1. The molecule has 0 saturated heterocycles. The van der Waals surface area contributed by atoms with Gasteiger partial charge in [0.15, 0.2) is 0 Å². The highest BCUT2D eigenvalue weighted by Crippen LogP contribution is 2.25. The summed E-state index contributed by atoms with van der Waals surface area (Å²) in [6.45, 7) is 0.406. The maximum atomic E-state index is 12.5. The molecule has 4 nitrogen and oxygen atoms in total. The minimum Gasteiger partial charge on any atom is -0.489 e. The van der Waals surface area contributed by atoms with E-state index in [1.54, 1.807) is 30.3 Å². The molecule has 0 unspecified atom stereocenters. The Morgan fingerprint density at radius 3 is 2.53 bits per heavy atom. The second-order valence-electron chi connectivity index (χ2n) is 6.24. The summed E-state index contributed by atoms with van der Waals surface area (Å²) in [5.74, 6) is 0.0888. The van der Waals surface area contributed by atoms with E-state index >= 15 is 0 Å². The Balaban J connectivity index is 1.71. The maximum Gasteiger partial charge on any atom is 0.266 e. The molecule has 3 aromatic rings. The summed E-state index contributed by atoms with van der Waals surface area (Å²) in [4.78, 5) is 12.5. The first-order valence-corrected chi connectivity index (χ1v) is 10.3. The zero-order chi connectivity index (χ0) is 21.5. The fourth-order valence-corrected chi connectivity index (χ4v) is 3.09. The van der Waals surface area contributed by atoms with Gasteiger partial charge in [0.2, 0.25) is 0 Å². The van der Waals surface area contributed by atoms with E-state index in [0.717, 1.165) is 10.0 Å². The first kappa shape index (κ1) is 21.9. The van der Waals surface area contributed by atoms with Gasteiger partial charge < -0.3 is 10.1 Å². The first-order chi connectivity index (χ1) is 14.4. The van der Waals surface area contributed by atoms with Gasteiger partial charge in [-0.25, -0.2) is 0 Å². The number of rotatable bonds is 6. The molecule has 0 aromatic heterocycles. The van der Waals surface area contributed by atoms with Crippen molar-refractivity contribution in [1.29, 1.82) is 5.26 Å². The van der Waals surface area contributed by atoms with E-state index in [-0.39, 0.29) is 5.57 Å². The van der Waals surface area contributed by atoms with E-state index in [9.17, 15) is 10.1 Å². The van der Waals surface area contributed by atoms with Gasteiger partial charge in [0, 0.05) is 10.2 Å². The molecule has 0 radical (unpaired) electrons. The zero-order valence-corrected chi connectivity index (χ0v) is 18.6. The Morgan fingerprint density at radius 2 is 1.83 bits per heavy atom. The second-order valence-corrected chi connectivity index (χ2v) is 7.97. The molecule has 0 saturated carbocycles. The Kier molecular flexibility index (Phi) is 7.53. The van der Waals surface area contributed by atoms with Gasteiger partial charge >= 0.3 is 0 Å². The molecule has 150 valence electrons. The van der Waals surface area contributed by atoms with Crippen molar-refractivity contribution in [2.24, 2.45) is 0 Å². The molecule has 30 heavy (non-hydrogen) atoms. The van der Waals surface area contributed by atoms with Gasteiger partial charge in [-0.15, -0.1) is 0 Å². The highest BCUT2D eigenvalue weighted by atomic mass is 79.9. The van der Waals surface area contributed by atoms with Crippen LogP contribution in [0, 0.1) is 11.3 Å². The van der Waals surface area contributed by atoms with E-state index in [4.69, 9.17) is 27.9 Å². The van der Waals surface area contributed by atoms with Crippen molar-refractivity contribution in [1.82, 2.24) is 0 Å². The molecule has 0 aliphatic rings. The lowest BCUT2D eigenvalue weighted by Gasteiger charge is -2.08. The topological polar surface area (TPSA) is 62.1 Å². The van der Waals surface area contributed by atoms with Crippen LogP contribution in [0.5, 0.6) is 5.75 Å². The molecule has 7 heteroatoms. The van der Waals surface area contributed by atoms with Crippen molar-refractivity contribution < 1.29 is 9.53 Å². The molecule has 3 aromatic carbocycles. The second kappa shape index (κ2) is 10.3. The van der Waals surface area contributed by atoms with Crippen LogP contribution < -0.4 is 10.1 Å². The number of carbonyl (C=O) groups excluding carboxylic acids is 1. The van der Waals surface area contributed by atoms with Crippen molar-refractivity contribution in [2.75, 3.05) is 5.32 Å². The molecule has 0 aliphatic heterocycles. The maximum absolute atomic E-state index is 12.5. The number of hydrogen-bond acceptors (Lipinski definition) is 3. The number of nitrogens with zero attached hydrogens (tertiary/aromatic N) is 1. The first-order valence-electron chi connectivity index (χ1n) is 8.80. The van der Waals surface area contributed by atoms with Crippen molar-refractivity contribution in [3.05, 3.63) is 97.9 Å². The van der Waals surface area contributed by atoms with Gasteiger partial charge in [0.1, 0.15) is 24.0 Å². The highest BCUT2D eigenvalue weighted by molar-refractivity contribution is 9.10. The number of ether oxygens (including phenoxy) is 1. The summed E-state index contributed by atoms with van der Waals surface area (Å²) in [6.07, 6.45) is 1.50. The Hall–Kier alpha value is -2.78. The molecule has 0 atom stereocenters. The van der Waals surface area contributed by atoms with Crippen molar-refractivity contribution >= 4 is 56.8 Å². The number of carbonyl (C=O) groups is 1. The van der Waals surface area contributed by atoms with Gasteiger partial charge in [0.05, 0.1) is 10.0 Å². The lowest BCUT2D eigenvalue weighted by molar-refractivity contribution is -0.112. The molecule has 0 spiro atoms. The predicted octanol–water partition coefficient (Wildman–Crippen LogP) is 6.88. The van der Waals surface area contributed by atoms with Crippen LogP contribution in [-0.4, -0.2) is 5.91 Å². The average Bonchev–Trinajstić information content (AvgIpc) is 2.74. The largest absolute Gasteiger partial charge is 0.489 e. The van der Waals surface area contributed by atoms with Gasteiger partial charge in [0.25, 0.3) is 5.91 Å². The molecule has 1 amide bonds. The van der Waals surface area contributed by atoms with Gasteiger partial charge in [-0.05, 0) is 59.7 Å². The smallest absolute Gasteiger partial charge is 0.266 e. The predicted molar refractivity (Wildman–Crippen MR) is 124 cm³/mol. The molecule has 1 N–H and O–H groups in total. The summed E-state index contributed by atoms with van der Waals surface area (Å²) in [5.41, 5.74) is 2.09. The van der Waals surface area contributed by atoms with Crippen LogP contribution in [0.4, 0.5) is 5.69 Å². The van der Waals surface area contributed by atoms with Crippen molar-refractivity contribution in [2.45, 2.75) is 6.61 Å². The highest BCUT2D eigenvalue weighted by Gasteiger charge is 2.11. The molecular formula is C23H15BrCl2N2O2. The Labute approximate surface area is 192 Å². The number of benzene rings is 3. The molecule has 0 heterocycles. The summed E-state index contributed by atoms with van der Waals surface area (Å²) >= 11 is 15.2. The molecular weight excluding hydrogens is 487 g/mol. The van der Waals surface area contributed by atoms with Crippen LogP contribution in [0.1, 0.15) is 11.1 Å². The number of nitriles is 1. The van der Waals surface area contributed by atoms with Gasteiger partial charge in [-0.3, -0.25) is 4.79 Å². The van der Waals surface area contributed by atoms with Crippen LogP contribution in [0.25, 0.3) is 6.08 Å². The summed E-state index contributed by atoms with van der Waals surface area (Å²) < 4.78 is 6.81. The third-order valence-electron chi connectivity index (χ3n) is 4.03. The van der Waals surface area contributed by atoms with Crippen LogP contribution in [0.15, 0.2) is 76.8 Å². The van der Waals surface area contributed by atoms with E-state index < -0.39 is 5.91 Å². The third kappa shape index (κ3) is 6.11. The van der Waals surface area contributed by atoms with Crippen LogP contribution >= 0.6 is 39.1 Å². The Bertz CT molecular complexity index is 1140. The molecule has 0 bridgehead atoms. The van der Waals surface area contributed by atoms with E-state index in [1.807, 2.05) is 36.4 Å². The van der Waals surface area contributed by atoms with E-state index in [1.165, 1.54) is 12.1 Å². The van der Waals surface area contributed by atoms with Crippen molar-refractivity contribution in [3.8, 4) is 11.8 Å². The summed E-state index contributed by atoms with van der Waals surface area (Å²) in [5, 5.41) is 12.7. The lowest BCUT2D eigenvalue weighted by Crippen LogP contribution is -2.13. The summed E-state index contributed by atoms with van der Waals surface area (Å²) in [6, 6.07) is 21.6. The minimum absolute atomic E-state index is 0.0499. The fourth-order valence-electron chi connectivity index (χ4n) is 2.53. The normalized spacial score (nSPS) is 10.9. The SMILES string of the molecule is N#C/C(=C\c1cccc(OCc2ccc(Br)cc2)c1)C(=O)Nc1ccc(Cl)c(Cl)c1. The molecule has 0 fully saturated rings. The molecule has 3 rings (SSSR count). The van der Waals surface area contributed by atoms with Crippen LogP contribution in [0.2, 0.25) is 10.0 Å². The van der Waals surface area contributed by atoms with Gasteiger partial charge in [-0.1, -0.05) is 63.4 Å². The number of anilines is 1. The monoisotopic (exact) mass is 500 g/mol. The number of amides is 1. The third-order valence-corrected chi connectivity index (χ3v) is 5.30. The number of hydrogen-bond donors (Lipinski definition) is 1. The van der Waals surface area contributed by atoms with Crippen LogP contribution in [0.3, 0.4) is 0 Å². The quantitative estimate of drug-likeness (QED) is 0.295. The van der Waals surface area contributed by atoms with E-state index in [0.29, 0.717) is 33.7 Å².